The first-order valence-electron chi connectivity index (χ1n) is 8.04. The number of likely N-dealkylation sites (tertiary alicyclic amines) is 1. The summed E-state index contributed by atoms with van der Waals surface area (Å²) >= 11 is 1.39. The van der Waals surface area contributed by atoms with Gasteiger partial charge >= 0.3 is 0 Å². The van der Waals surface area contributed by atoms with Gasteiger partial charge < -0.3 is 4.90 Å². The predicted octanol–water partition coefficient (Wildman–Crippen LogP) is 2.34. The first kappa shape index (κ1) is 16.2. The van der Waals surface area contributed by atoms with Crippen molar-refractivity contribution < 1.29 is 4.79 Å². The van der Waals surface area contributed by atoms with E-state index in [1.807, 2.05) is 24.8 Å². The summed E-state index contributed by atoms with van der Waals surface area (Å²) in [6.45, 7) is 10.1. The van der Waals surface area contributed by atoms with Gasteiger partial charge in [-0.2, -0.15) is 4.98 Å². The summed E-state index contributed by atoms with van der Waals surface area (Å²) in [5.74, 6) is 2.31. The molecule has 1 saturated heterocycles. The molecule has 0 spiro atoms. The number of hydrogen-bond acceptors (Lipinski definition) is 5. The summed E-state index contributed by atoms with van der Waals surface area (Å²) in [5.41, 5.74) is 1.92. The van der Waals surface area contributed by atoms with Crippen molar-refractivity contribution in [3.8, 4) is 0 Å². The fraction of sp³-hybridized carbons (Fsp3) is 0.625. The topological polar surface area (TPSA) is 63.4 Å². The number of nitrogens with zero attached hydrogens (tertiary/aromatic N) is 5. The lowest BCUT2D eigenvalue weighted by Gasteiger charge is -2.34. The first-order chi connectivity index (χ1) is 10.9. The van der Waals surface area contributed by atoms with Crippen LogP contribution in [0.3, 0.4) is 0 Å². The van der Waals surface area contributed by atoms with Crippen LogP contribution in [0.15, 0.2) is 11.2 Å². The van der Waals surface area contributed by atoms with E-state index in [2.05, 4.69) is 28.9 Å². The van der Waals surface area contributed by atoms with Gasteiger partial charge in [-0.25, -0.2) is 9.50 Å². The molecule has 3 rings (SSSR count). The second-order valence-electron chi connectivity index (χ2n) is 6.68. The molecule has 0 saturated carbocycles. The molecule has 0 unspecified atom stereocenters. The molecule has 2 aromatic rings. The molecule has 1 aliphatic heterocycles. The number of piperidine rings is 1. The summed E-state index contributed by atoms with van der Waals surface area (Å²) in [6, 6.07) is 1.97. The van der Waals surface area contributed by atoms with Crippen LogP contribution in [0.5, 0.6) is 0 Å². The number of fused-ring (bicyclic) bond motifs is 1. The minimum atomic E-state index is 0.174. The molecule has 1 aliphatic rings. The zero-order chi connectivity index (χ0) is 16.6. The maximum atomic E-state index is 12.4. The van der Waals surface area contributed by atoms with Crippen LogP contribution in [0.4, 0.5) is 0 Å². The predicted molar refractivity (Wildman–Crippen MR) is 90.5 cm³/mol. The summed E-state index contributed by atoms with van der Waals surface area (Å²) in [6.07, 6.45) is 1.20. The zero-order valence-electron chi connectivity index (χ0n) is 14.1. The molecule has 7 heteroatoms. The molecule has 0 aromatic carbocycles. The number of rotatable bonds is 3. The number of aryl methyl sites for hydroxylation is 2. The van der Waals surface area contributed by atoms with Crippen molar-refractivity contribution >= 4 is 23.4 Å². The van der Waals surface area contributed by atoms with Gasteiger partial charge in [0, 0.05) is 24.5 Å². The molecule has 0 radical (unpaired) electrons. The Balaban J connectivity index is 1.66. The molecule has 2 atom stereocenters. The molecule has 124 valence electrons. The molecule has 6 nitrogen and oxygen atoms in total. The Morgan fingerprint density at radius 3 is 2.65 bits per heavy atom. The quantitative estimate of drug-likeness (QED) is 0.807. The molecular formula is C16H23N5OS. The number of aromatic nitrogens is 4. The van der Waals surface area contributed by atoms with E-state index in [-0.39, 0.29) is 5.91 Å². The molecule has 1 amide bonds. The lowest BCUT2D eigenvalue weighted by molar-refractivity contribution is -0.130. The molecule has 2 aromatic heterocycles. The molecule has 0 bridgehead atoms. The van der Waals surface area contributed by atoms with Gasteiger partial charge in [0.15, 0.2) is 0 Å². The normalized spacial score (nSPS) is 21.8. The summed E-state index contributed by atoms with van der Waals surface area (Å²) < 4.78 is 1.73. The second kappa shape index (κ2) is 6.47. The van der Waals surface area contributed by atoms with Crippen LogP contribution in [0.25, 0.3) is 5.78 Å². The first-order valence-corrected chi connectivity index (χ1v) is 9.02. The molecular weight excluding hydrogens is 310 g/mol. The maximum Gasteiger partial charge on any atom is 0.253 e. The van der Waals surface area contributed by atoms with E-state index in [0.717, 1.165) is 24.5 Å². The molecule has 0 aliphatic carbocycles. The third-order valence-corrected chi connectivity index (χ3v) is 4.97. The third-order valence-electron chi connectivity index (χ3n) is 4.15. The van der Waals surface area contributed by atoms with Crippen LogP contribution < -0.4 is 0 Å². The number of carbonyl (C=O) groups is 1. The average molecular weight is 333 g/mol. The van der Waals surface area contributed by atoms with Gasteiger partial charge in [-0.05, 0) is 38.2 Å². The van der Waals surface area contributed by atoms with E-state index < -0.39 is 0 Å². The number of amides is 1. The van der Waals surface area contributed by atoms with Gasteiger partial charge in [0.05, 0.1) is 5.75 Å². The Kier molecular flexibility index (Phi) is 4.57. The van der Waals surface area contributed by atoms with Gasteiger partial charge in [0.25, 0.3) is 5.78 Å². The zero-order valence-corrected chi connectivity index (χ0v) is 14.9. The van der Waals surface area contributed by atoms with E-state index in [4.69, 9.17) is 0 Å². The highest BCUT2D eigenvalue weighted by molar-refractivity contribution is 7.99. The highest BCUT2D eigenvalue weighted by Gasteiger charge is 2.25. The molecule has 1 fully saturated rings. The van der Waals surface area contributed by atoms with Crippen LogP contribution in [-0.4, -0.2) is 49.2 Å². The minimum absolute atomic E-state index is 0.174. The van der Waals surface area contributed by atoms with Gasteiger partial charge in [0.2, 0.25) is 11.1 Å². The summed E-state index contributed by atoms with van der Waals surface area (Å²) in [5, 5.41) is 5.04. The fourth-order valence-corrected chi connectivity index (χ4v) is 4.01. The van der Waals surface area contributed by atoms with Crippen LogP contribution in [-0.2, 0) is 4.79 Å². The van der Waals surface area contributed by atoms with E-state index in [9.17, 15) is 4.79 Å². The van der Waals surface area contributed by atoms with E-state index in [0.29, 0.717) is 28.5 Å². The van der Waals surface area contributed by atoms with E-state index in [1.54, 1.807) is 4.52 Å². The van der Waals surface area contributed by atoms with E-state index >= 15 is 0 Å². The van der Waals surface area contributed by atoms with Crippen LogP contribution in [0.2, 0.25) is 0 Å². The number of thioether (sulfide) groups is 1. The van der Waals surface area contributed by atoms with Crippen molar-refractivity contribution in [2.45, 2.75) is 39.3 Å². The standard InChI is InChI=1S/C16H23N5OS/c1-10-5-11(2)8-20(7-10)14(22)9-23-16-18-15-17-12(3)6-13(4)21(15)19-16/h6,10-11H,5,7-9H2,1-4H3/t10-,11+. The summed E-state index contributed by atoms with van der Waals surface area (Å²) in [4.78, 5) is 23.2. The van der Waals surface area contributed by atoms with Crippen molar-refractivity contribution in [1.82, 2.24) is 24.5 Å². The van der Waals surface area contributed by atoms with E-state index in [1.165, 1.54) is 18.2 Å². The second-order valence-corrected chi connectivity index (χ2v) is 7.62. The van der Waals surface area contributed by atoms with Crippen LogP contribution in [0, 0.1) is 25.7 Å². The molecule has 3 heterocycles. The largest absolute Gasteiger partial charge is 0.341 e. The van der Waals surface area contributed by atoms with Gasteiger partial charge in [-0.15, -0.1) is 5.10 Å². The van der Waals surface area contributed by atoms with Crippen LogP contribution in [0.1, 0.15) is 31.7 Å². The van der Waals surface area contributed by atoms with Crippen molar-refractivity contribution in [1.29, 1.82) is 0 Å². The van der Waals surface area contributed by atoms with Crippen molar-refractivity contribution in [3.63, 3.8) is 0 Å². The highest BCUT2D eigenvalue weighted by atomic mass is 32.2. The monoisotopic (exact) mass is 333 g/mol. The average Bonchev–Trinajstić information content (AvgIpc) is 2.87. The maximum absolute atomic E-state index is 12.4. The van der Waals surface area contributed by atoms with Gasteiger partial charge in [-0.1, -0.05) is 25.6 Å². The Morgan fingerprint density at radius 2 is 1.96 bits per heavy atom. The Bertz CT molecular complexity index is 719. The Morgan fingerprint density at radius 1 is 1.26 bits per heavy atom. The van der Waals surface area contributed by atoms with Crippen molar-refractivity contribution in [2.24, 2.45) is 11.8 Å². The molecule has 0 N–H and O–H groups in total. The smallest absolute Gasteiger partial charge is 0.253 e. The lowest BCUT2D eigenvalue weighted by atomic mass is 9.92. The van der Waals surface area contributed by atoms with Gasteiger partial charge in [0.1, 0.15) is 0 Å². The summed E-state index contributed by atoms with van der Waals surface area (Å²) in [7, 11) is 0. The number of carbonyl (C=O) groups excluding carboxylic acids is 1. The fourth-order valence-electron chi connectivity index (χ4n) is 3.29. The lowest BCUT2D eigenvalue weighted by Crippen LogP contribution is -2.43. The molecule has 23 heavy (non-hydrogen) atoms. The number of hydrogen-bond donors (Lipinski definition) is 0. The van der Waals surface area contributed by atoms with Gasteiger partial charge in [-0.3, -0.25) is 4.79 Å². The SMILES string of the molecule is Cc1cc(C)n2nc(SCC(=O)N3C[C@H](C)C[C@H](C)C3)nc2n1. The Hall–Kier alpha value is -1.63. The third kappa shape index (κ3) is 3.65. The highest BCUT2D eigenvalue weighted by Crippen LogP contribution is 2.22. The van der Waals surface area contributed by atoms with Crippen LogP contribution >= 0.6 is 11.8 Å². The Labute approximate surface area is 140 Å². The minimum Gasteiger partial charge on any atom is -0.341 e. The van der Waals surface area contributed by atoms with Crippen molar-refractivity contribution in [2.75, 3.05) is 18.8 Å². The van der Waals surface area contributed by atoms with Crippen molar-refractivity contribution in [3.05, 3.63) is 17.5 Å².